The predicted molar refractivity (Wildman–Crippen MR) is 40.9 cm³/mol. The van der Waals surface area contributed by atoms with E-state index in [4.69, 9.17) is 0 Å². The number of Topliss-reactive ketones (excluding diaryl/α,β-unsaturated/α-hetero) is 1. The van der Waals surface area contributed by atoms with E-state index >= 15 is 0 Å². The van der Waals surface area contributed by atoms with E-state index in [0.717, 1.165) is 11.8 Å². The van der Waals surface area contributed by atoms with Crippen molar-refractivity contribution in [1.29, 1.82) is 0 Å². The minimum atomic E-state index is -0.400. The molecule has 0 amide bonds. The van der Waals surface area contributed by atoms with E-state index in [-0.39, 0.29) is 10.9 Å². The highest BCUT2D eigenvalue weighted by molar-refractivity contribution is 8.14. The smallest absolute Gasteiger partial charge is 0.190 e. The van der Waals surface area contributed by atoms with Gasteiger partial charge in [-0.1, -0.05) is 25.6 Å². The summed E-state index contributed by atoms with van der Waals surface area (Å²) in [4.78, 5) is 21.9. The summed E-state index contributed by atoms with van der Waals surface area (Å²) in [6.45, 7) is 3.65. The minimum absolute atomic E-state index is 0.143. The van der Waals surface area contributed by atoms with Crippen molar-refractivity contribution in [1.82, 2.24) is 0 Å². The first kappa shape index (κ1) is 7.79. The Labute approximate surface area is 64.4 Å². The van der Waals surface area contributed by atoms with Gasteiger partial charge in [0.15, 0.2) is 5.12 Å². The van der Waals surface area contributed by atoms with Crippen LogP contribution in [0.5, 0.6) is 0 Å². The Morgan fingerprint density at radius 1 is 1.40 bits per heavy atom. The summed E-state index contributed by atoms with van der Waals surface area (Å²) in [5, 5.41) is 0.143. The highest BCUT2D eigenvalue weighted by Crippen LogP contribution is 2.31. The molecule has 10 heavy (non-hydrogen) atoms. The van der Waals surface area contributed by atoms with Crippen LogP contribution in [0.2, 0.25) is 0 Å². The van der Waals surface area contributed by atoms with Gasteiger partial charge < -0.3 is 0 Å². The van der Waals surface area contributed by atoms with E-state index in [1.54, 1.807) is 0 Å². The molecule has 0 aromatic heterocycles. The lowest BCUT2D eigenvalue weighted by molar-refractivity contribution is -0.128. The lowest BCUT2D eigenvalue weighted by Gasteiger charge is -2.25. The fraction of sp³-hybridized carbons (Fsp3) is 0.714. The maximum atomic E-state index is 11.1. The summed E-state index contributed by atoms with van der Waals surface area (Å²) < 4.78 is 0. The van der Waals surface area contributed by atoms with Crippen LogP contribution in [0, 0.1) is 5.41 Å². The predicted octanol–water partition coefficient (Wildman–Crippen LogP) is 1.25. The molecule has 2 nitrogen and oxygen atoms in total. The molecular weight excluding hydrogens is 148 g/mol. The molecule has 0 bridgehead atoms. The minimum Gasteiger partial charge on any atom is -0.298 e. The average Bonchev–Trinajstić information content (AvgIpc) is 1.78. The van der Waals surface area contributed by atoms with Gasteiger partial charge in [-0.25, -0.2) is 0 Å². The van der Waals surface area contributed by atoms with Crippen LogP contribution in [-0.2, 0) is 9.59 Å². The van der Waals surface area contributed by atoms with Crippen molar-refractivity contribution in [2.75, 3.05) is 5.75 Å². The lowest BCUT2D eigenvalue weighted by atomic mass is 9.85. The summed E-state index contributed by atoms with van der Waals surface area (Å²) in [6, 6.07) is 0. The van der Waals surface area contributed by atoms with Gasteiger partial charge in [0.25, 0.3) is 0 Å². The summed E-state index contributed by atoms with van der Waals surface area (Å²) in [5.41, 5.74) is -0.400. The molecule has 0 saturated carbocycles. The number of hydrogen-bond donors (Lipinski definition) is 0. The highest BCUT2D eigenvalue weighted by atomic mass is 32.2. The van der Waals surface area contributed by atoms with Crippen molar-refractivity contribution in [3.63, 3.8) is 0 Å². The van der Waals surface area contributed by atoms with E-state index in [1.807, 2.05) is 13.8 Å². The number of ketones is 1. The van der Waals surface area contributed by atoms with Crippen LogP contribution in [-0.4, -0.2) is 16.7 Å². The Morgan fingerprint density at radius 2 is 2.00 bits per heavy atom. The van der Waals surface area contributed by atoms with E-state index < -0.39 is 5.41 Å². The van der Waals surface area contributed by atoms with Gasteiger partial charge in [0.05, 0.1) is 5.75 Å². The van der Waals surface area contributed by atoms with Gasteiger partial charge in [-0.3, -0.25) is 9.59 Å². The van der Waals surface area contributed by atoms with E-state index in [2.05, 4.69) is 0 Å². The summed E-state index contributed by atoms with van der Waals surface area (Å²) >= 11 is 1.14. The summed E-state index contributed by atoms with van der Waals surface area (Å²) in [6.07, 6.45) is 0.399. The van der Waals surface area contributed by atoms with Crippen LogP contribution in [0.15, 0.2) is 0 Å². The topological polar surface area (TPSA) is 34.1 Å². The van der Waals surface area contributed by atoms with Crippen LogP contribution >= 0.6 is 11.8 Å². The fourth-order valence-corrected chi connectivity index (χ4v) is 2.00. The average molecular weight is 158 g/mol. The number of hydrogen-bond acceptors (Lipinski definition) is 3. The molecule has 0 radical (unpaired) electrons. The third-order valence-corrected chi connectivity index (χ3v) is 2.58. The first-order chi connectivity index (χ1) is 4.52. The van der Waals surface area contributed by atoms with Gasteiger partial charge in [0, 0.05) is 11.8 Å². The normalized spacial score (nSPS) is 25.0. The van der Waals surface area contributed by atoms with Gasteiger partial charge in [0.1, 0.15) is 5.78 Å². The van der Waals surface area contributed by atoms with Crippen molar-refractivity contribution in [3.8, 4) is 0 Å². The van der Waals surface area contributed by atoms with Crippen molar-refractivity contribution in [2.45, 2.75) is 20.3 Å². The number of carbonyl (C=O) groups is 2. The number of rotatable bonds is 0. The molecule has 0 atom stereocenters. The maximum absolute atomic E-state index is 11.1. The fourth-order valence-electron chi connectivity index (χ4n) is 0.852. The molecule has 1 aliphatic heterocycles. The lowest BCUT2D eigenvalue weighted by Crippen LogP contribution is -2.32. The Balaban J connectivity index is 2.73. The largest absolute Gasteiger partial charge is 0.298 e. The SMILES string of the molecule is CC1(C)CC(=O)SCC1=O. The van der Waals surface area contributed by atoms with Crippen LogP contribution in [0.25, 0.3) is 0 Å². The molecule has 1 rings (SSSR count). The van der Waals surface area contributed by atoms with Gasteiger partial charge in [-0.15, -0.1) is 0 Å². The Bertz CT molecular complexity index is 184. The second-order valence-electron chi connectivity index (χ2n) is 3.14. The third kappa shape index (κ3) is 1.40. The molecule has 0 aliphatic carbocycles. The van der Waals surface area contributed by atoms with E-state index in [1.165, 1.54) is 0 Å². The molecule has 3 heteroatoms. The van der Waals surface area contributed by atoms with Crippen molar-refractivity contribution in [3.05, 3.63) is 0 Å². The van der Waals surface area contributed by atoms with Crippen LogP contribution in [0.4, 0.5) is 0 Å². The monoisotopic (exact) mass is 158 g/mol. The van der Waals surface area contributed by atoms with Crippen LogP contribution in [0.1, 0.15) is 20.3 Å². The molecule has 0 N–H and O–H groups in total. The second-order valence-corrected chi connectivity index (χ2v) is 4.18. The number of carbonyl (C=O) groups excluding carboxylic acids is 2. The van der Waals surface area contributed by atoms with Crippen LogP contribution in [0.3, 0.4) is 0 Å². The molecule has 1 heterocycles. The zero-order chi connectivity index (χ0) is 7.78. The zero-order valence-corrected chi connectivity index (χ0v) is 6.96. The van der Waals surface area contributed by atoms with Crippen LogP contribution < -0.4 is 0 Å². The molecule has 1 fully saturated rings. The first-order valence-electron chi connectivity index (χ1n) is 3.21. The van der Waals surface area contributed by atoms with Crippen molar-refractivity contribution < 1.29 is 9.59 Å². The number of thioether (sulfide) groups is 1. The molecule has 0 unspecified atom stereocenters. The Kier molecular flexibility index (Phi) is 1.86. The Hall–Kier alpha value is -0.310. The van der Waals surface area contributed by atoms with Crippen molar-refractivity contribution in [2.24, 2.45) is 5.41 Å². The van der Waals surface area contributed by atoms with Gasteiger partial charge in [0.2, 0.25) is 0 Å². The van der Waals surface area contributed by atoms with Gasteiger partial charge in [-0.2, -0.15) is 0 Å². The van der Waals surface area contributed by atoms with Gasteiger partial charge in [-0.05, 0) is 0 Å². The quantitative estimate of drug-likeness (QED) is 0.532. The Morgan fingerprint density at radius 3 is 2.40 bits per heavy atom. The molecule has 1 aliphatic rings. The van der Waals surface area contributed by atoms with E-state index in [0.29, 0.717) is 12.2 Å². The molecule has 0 aromatic carbocycles. The third-order valence-electron chi connectivity index (χ3n) is 1.71. The molecule has 56 valence electrons. The van der Waals surface area contributed by atoms with Crippen molar-refractivity contribution >= 4 is 22.7 Å². The molecule has 0 aromatic rings. The molecular formula is C7H10O2S. The zero-order valence-electron chi connectivity index (χ0n) is 6.14. The first-order valence-corrected chi connectivity index (χ1v) is 4.20. The molecule has 0 spiro atoms. The standard InChI is InChI=1S/C7H10O2S/c1-7(2)3-6(9)10-4-5(7)8/h3-4H2,1-2H3. The summed E-state index contributed by atoms with van der Waals surface area (Å²) in [7, 11) is 0. The summed E-state index contributed by atoms with van der Waals surface area (Å²) in [5.74, 6) is 0.559. The molecule has 1 saturated heterocycles. The second kappa shape index (κ2) is 2.38. The maximum Gasteiger partial charge on any atom is 0.190 e. The van der Waals surface area contributed by atoms with Gasteiger partial charge >= 0.3 is 0 Å². The highest BCUT2D eigenvalue weighted by Gasteiger charge is 2.34. The van der Waals surface area contributed by atoms with E-state index in [9.17, 15) is 9.59 Å².